The minimum atomic E-state index is -0.640. The number of carbonyl (C=O) groups is 1. The van der Waals surface area contributed by atoms with Gasteiger partial charge in [-0.25, -0.2) is 0 Å². The average Bonchev–Trinajstić information content (AvgIpc) is 2.76. The van der Waals surface area contributed by atoms with Gasteiger partial charge < -0.3 is 14.4 Å². The van der Waals surface area contributed by atoms with E-state index in [9.17, 15) is 19.7 Å². The number of rotatable bonds is 3. The molecule has 3 aromatic rings. The summed E-state index contributed by atoms with van der Waals surface area (Å²) in [4.78, 5) is 43.9. The number of aryl methyl sites for hydroxylation is 1. The molecule has 1 amide bonds. The van der Waals surface area contributed by atoms with Gasteiger partial charge in [-0.3, -0.25) is 24.7 Å². The van der Waals surface area contributed by atoms with E-state index in [1.54, 1.807) is 53.7 Å². The third-order valence-electron chi connectivity index (χ3n) is 5.24. The van der Waals surface area contributed by atoms with Gasteiger partial charge in [0.05, 0.1) is 10.4 Å². The molecule has 1 fully saturated rings. The van der Waals surface area contributed by atoms with Gasteiger partial charge in [-0.05, 0) is 18.2 Å². The number of piperazine rings is 1. The molecule has 1 aromatic carbocycles. The second-order valence-electron chi connectivity index (χ2n) is 6.85. The van der Waals surface area contributed by atoms with Gasteiger partial charge in [0, 0.05) is 56.6 Å². The van der Waals surface area contributed by atoms with Crippen LogP contribution in [-0.2, 0) is 7.05 Å². The zero-order valence-corrected chi connectivity index (χ0v) is 15.8. The molecule has 1 saturated heterocycles. The molecule has 0 bridgehead atoms. The van der Waals surface area contributed by atoms with Crippen LogP contribution in [0.4, 0.5) is 11.4 Å². The predicted molar refractivity (Wildman–Crippen MR) is 108 cm³/mol. The Hall–Kier alpha value is -3.75. The summed E-state index contributed by atoms with van der Waals surface area (Å²) < 4.78 is 1.31. The van der Waals surface area contributed by atoms with Gasteiger partial charge in [0.15, 0.2) is 0 Å². The number of nitrogens with zero attached hydrogens (tertiary/aromatic N) is 5. The van der Waals surface area contributed by atoms with Gasteiger partial charge in [0.2, 0.25) is 0 Å². The Balaban J connectivity index is 1.69. The number of nitro groups is 1. The quantitative estimate of drug-likeness (QED) is 0.497. The molecule has 4 rings (SSSR count). The SMILES string of the molecule is Cn1c(=O)c([N+](=O)[O-])c(N2CCN(C(=O)c3ccncc3)CC2)c2ccccc21. The number of amides is 1. The number of para-hydroxylation sites is 1. The molecule has 0 saturated carbocycles. The van der Waals surface area contributed by atoms with E-state index in [4.69, 9.17) is 0 Å². The Bertz CT molecular complexity index is 1150. The maximum atomic E-state index is 12.7. The fourth-order valence-electron chi connectivity index (χ4n) is 3.76. The van der Waals surface area contributed by atoms with Crippen molar-refractivity contribution in [3.63, 3.8) is 0 Å². The summed E-state index contributed by atoms with van der Waals surface area (Å²) in [5.74, 6) is -0.101. The first-order valence-corrected chi connectivity index (χ1v) is 9.19. The molecule has 0 radical (unpaired) electrons. The minimum absolute atomic E-state index is 0.101. The summed E-state index contributed by atoms with van der Waals surface area (Å²) in [7, 11) is 1.53. The molecule has 29 heavy (non-hydrogen) atoms. The molecule has 3 heterocycles. The number of anilines is 1. The first-order chi connectivity index (χ1) is 14.0. The highest BCUT2D eigenvalue weighted by Crippen LogP contribution is 2.33. The molecule has 1 aliphatic rings. The zero-order chi connectivity index (χ0) is 20.5. The van der Waals surface area contributed by atoms with Gasteiger partial charge in [0.1, 0.15) is 5.69 Å². The number of benzene rings is 1. The van der Waals surface area contributed by atoms with Crippen molar-refractivity contribution in [3.8, 4) is 0 Å². The Morgan fingerprint density at radius 3 is 2.38 bits per heavy atom. The maximum absolute atomic E-state index is 12.7. The Kier molecular flexibility index (Phi) is 4.71. The van der Waals surface area contributed by atoms with Crippen molar-refractivity contribution in [2.75, 3.05) is 31.1 Å². The molecule has 2 aromatic heterocycles. The number of carbonyl (C=O) groups excluding carboxylic acids is 1. The van der Waals surface area contributed by atoms with E-state index in [-0.39, 0.29) is 5.91 Å². The van der Waals surface area contributed by atoms with Crippen LogP contribution in [0.5, 0.6) is 0 Å². The lowest BCUT2D eigenvalue weighted by Gasteiger charge is -2.36. The molecular weight excluding hydrogens is 374 g/mol. The first kappa shape index (κ1) is 18.6. The highest BCUT2D eigenvalue weighted by molar-refractivity contribution is 5.97. The van der Waals surface area contributed by atoms with Crippen molar-refractivity contribution in [2.24, 2.45) is 7.05 Å². The molecule has 0 aliphatic carbocycles. The summed E-state index contributed by atoms with van der Waals surface area (Å²) in [5, 5.41) is 12.4. The van der Waals surface area contributed by atoms with Crippen LogP contribution in [0.1, 0.15) is 10.4 Å². The topological polar surface area (TPSA) is 102 Å². The molecule has 0 spiro atoms. The van der Waals surface area contributed by atoms with Crippen LogP contribution in [0, 0.1) is 10.1 Å². The smallest absolute Gasteiger partial charge is 0.357 e. The van der Waals surface area contributed by atoms with Crippen molar-refractivity contribution in [1.29, 1.82) is 0 Å². The highest BCUT2D eigenvalue weighted by atomic mass is 16.6. The van der Waals surface area contributed by atoms with E-state index < -0.39 is 16.2 Å². The Morgan fingerprint density at radius 1 is 1.07 bits per heavy atom. The van der Waals surface area contributed by atoms with Gasteiger partial charge in [-0.2, -0.15) is 0 Å². The van der Waals surface area contributed by atoms with Crippen molar-refractivity contribution >= 4 is 28.2 Å². The standard InChI is InChI=1S/C20H19N5O4/c1-22-16-5-3-2-4-15(16)17(18(20(22)27)25(28)29)23-10-12-24(13-11-23)19(26)14-6-8-21-9-7-14/h2-9H,10-13H2,1H3. The third-order valence-corrected chi connectivity index (χ3v) is 5.24. The number of hydrogen-bond donors (Lipinski definition) is 0. The van der Waals surface area contributed by atoms with Crippen LogP contribution in [0.25, 0.3) is 10.9 Å². The predicted octanol–water partition coefficient (Wildman–Crippen LogP) is 1.80. The molecule has 0 N–H and O–H groups in total. The fraction of sp³-hybridized carbons (Fsp3) is 0.250. The first-order valence-electron chi connectivity index (χ1n) is 9.19. The Morgan fingerprint density at radius 2 is 1.72 bits per heavy atom. The molecular formula is C20H19N5O4. The van der Waals surface area contributed by atoms with Crippen molar-refractivity contribution in [1.82, 2.24) is 14.5 Å². The molecule has 1 aliphatic heterocycles. The monoisotopic (exact) mass is 393 g/mol. The number of pyridine rings is 2. The number of fused-ring (bicyclic) bond motifs is 1. The molecule has 148 valence electrons. The van der Waals surface area contributed by atoms with E-state index >= 15 is 0 Å². The van der Waals surface area contributed by atoms with E-state index in [0.29, 0.717) is 48.3 Å². The van der Waals surface area contributed by atoms with Gasteiger partial charge in [0.25, 0.3) is 5.91 Å². The lowest BCUT2D eigenvalue weighted by Crippen LogP contribution is -2.49. The lowest BCUT2D eigenvalue weighted by molar-refractivity contribution is -0.385. The average molecular weight is 393 g/mol. The van der Waals surface area contributed by atoms with Crippen molar-refractivity contribution < 1.29 is 9.72 Å². The van der Waals surface area contributed by atoms with E-state index in [0.717, 1.165) is 0 Å². The normalized spacial score (nSPS) is 14.2. The molecule has 0 unspecified atom stereocenters. The van der Waals surface area contributed by atoms with Crippen LogP contribution in [0.2, 0.25) is 0 Å². The lowest BCUT2D eigenvalue weighted by atomic mass is 10.1. The fourth-order valence-corrected chi connectivity index (χ4v) is 3.76. The van der Waals surface area contributed by atoms with Crippen molar-refractivity contribution in [2.45, 2.75) is 0 Å². The van der Waals surface area contributed by atoms with E-state index in [1.807, 2.05) is 4.90 Å². The molecule has 9 heteroatoms. The van der Waals surface area contributed by atoms with Crippen LogP contribution < -0.4 is 10.5 Å². The summed E-state index contributed by atoms with van der Waals surface area (Å²) in [5.41, 5.74) is 0.440. The van der Waals surface area contributed by atoms with Crippen LogP contribution >= 0.6 is 0 Å². The van der Waals surface area contributed by atoms with Crippen LogP contribution in [0.15, 0.2) is 53.6 Å². The Labute approximate surface area is 165 Å². The number of hydrogen-bond acceptors (Lipinski definition) is 6. The second-order valence-corrected chi connectivity index (χ2v) is 6.85. The van der Waals surface area contributed by atoms with Crippen LogP contribution in [-0.4, -0.2) is 51.5 Å². The minimum Gasteiger partial charge on any atom is -0.362 e. The summed E-state index contributed by atoms with van der Waals surface area (Å²) in [6, 6.07) is 10.5. The summed E-state index contributed by atoms with van der Waals surface area (Å²) in [6.07, 6.45) is 3.14. The van der Waals surface area contributed by atoms with E-state index in [1.165, 1.54) is 11.6 Å². The molecule has 0 atom stereocenters. The molecule has 9 nitrogen and oxygen atoms in total. The summed E-state index contributed by atoms with van der Waals surface area (Å²) in [6.45, 7) is 1.60. The highest BCUT2D eigenvalue weighted by Gasteiger charge is 2.31. The van der Waals surface area contributed by atoms with Gasteiger partial charge in [-0.15, -0.1) is 0 Å². The second kappa shape index (κ2) is 7.34. The zero-order valence-electron chi connectivity index (χ0n) is 15.8. The van der Waals surface area contributed by atoms with Crippen LogP contribution in [0.3, 0.4) is 0 Å². The van der Waals surface area contributed by atoms with E-state index in [2.05, 4.69) is 4.98 Å². The third kappa shape index (κ3) is 3.20. The summed E-state index contributed by atoms with van der Waals surface area (Å²) >= 11 is 0. The largest absolute Gasteiger partial charge is 0.362 e. The van der Waals surface area contributed by atoms with Crippen molar-refractivity contribution in [3.05, 3.63) is 74.8 Å². The maximum Gasteiger partial charge on any atom is 0.357 e. The van der Waals surface area contributed by atoms with Gasteiger partial charge in [-0.1, -0.05) is 18.2 Å². The number of aromatic nitrogens is 2. The van der Waals surface area contributed by atoms with Gasteiger partial charge >= 0.3 is 11.2 Å².